The van der Waals surface area contributed by atoms with Crippen molar-refractivity contribution in [2.45, 2.75) is 6.42 Å². The number of rotatable bonds is 4. The van der Waals surface area contributed by atoms with Crippen molar-refractivity contribution in [1.82, 2.24) is 5.32 Å². The second-order valence-corrected chi connectivity index (χ2v) is 4.93. The van der Waals surface area contributed by atoms with Crippen LogP contribution in [0, 0.1) is 0 Å². The Kier molecular flexibility index (Phi) is 4.82. The van der Waals surface area contributed by atoms with Crippen LogP contribution in [0.4, 0.5) is 0 Å². The van der Waals surface area contributed by atoms with Crippen LogP contribution in [0.2, 0.25) is 10.0 Å². The number of hydrogen-bond acceptors (Lipinski definition) is 3. The molecule has 1 heterocycles. The predicted octanol–water partition coefficient (Wildman–Crippen LogP) is 2.92. The Morgan fingerprint density at radius 1 is 1.20 bits per heavy atom. The van der Waals surface area contributed by atoms with E-state index < -0.39 is 5.63 Å². The summed E-state index contributed by atoms with van der Waals surface area (Å²) in [4.78, 5) is 22.5. The molecule has 1 aromatic carbocycles. The van der Waals surface area contributed by atoms with Crippen LogP contribution in [0.1, 0.15) is 15.9 Å². The van der Waals surface area contributed by atoms with Gasteiger partial charge in [0.1, 0.15) is 6.26 Å². The quantitative estimate of drug-likeness (QED) is 0.944. The highest BCUT2D eigenvalue weighted by molar-refractivity contribution is 6.35. The zero-order valence-corrected chi connectivity index (χ0v) is 11.9. The van der Waals surface area contributed by atoms with Crippen LogP contribution in [0.3, 0.4) is 0 Å². The zero-order chi connectivity index (χ0) is 14.5. The molecule has 2 aromatic rings. The van der Waals surface area contributed by atoms with Gasteiger partial charge in [-0.2, -0.15) is 0 Å². The molecule has 0 bridgehead atoms. The summed E-state index contributed by atoms with van der Waals surface area (Å²) in [6.07, 6.45) is 1.71. The Morgan fingerprint density at radius 2 is 2.00 bits per heavy atom. The van der Waals surface area contributed by atoms with Crippen molar-refractivity contribution in [1.29, 1.82) is 0 Å². The molecule has 1 aromatic heterocycles. The molecule has 0 aliphatic heterocycles. The highest BCUT2D eigenvalue weighted by Gasteiger charge is 2.07. The fourth-order valence-corrected chi connectivity index (χ4v) is 2.13. The summed E-state index contributed by atoms with van der Waals surface area (Å²) in [5, 5.41) is 3.85. The summed E-state index contributed by atoms with van der Waals surface area (Å²) < 4.78 is 4.62. The van der Waals surface area contributed by atoms with Crippen LogP contribution >= 0.6 is 23.2 Å². The Hall–Kier alpha value is -1.78. The minimum Gasteiger partial charge on any atom is -0.430 e. The molecule has 0 unspecified atom stereocenters. The van der Waals surface area contributed by atoms with Crippen molar-refractivity contribution in [3.05, 3.63) is 68.2 Å². The van der Waals surface area contributed by atoms with Crippen molar-refractivity contribution in [2.24, 2.45) is 0 Å². The van der Waals surface area contributed by atoms with E-state index in [9.17, 15) is 9.59 Å². The standard InChI is InChI=1S/C14H11Cl2NO3/c15-11-3-1-9(12(16)7-11)5-6-17-14(19)10-2-4-13(18)20-8-10/h1-4,7-8H,5-6H2,(H,17,19). The van der Waals surface area contributed by atoms with E-state index in [2.05, 4.69) is 9.73 Å². The summed E-state index contributed by atoms with van der Waals surface area (Å²) in [6, 6.07) is 7.84. The zero-order valence-electron chi connectivity index (χ0n) is 10.4. The molecular weight excluding hydrogens is 301 g/mol. The average molecular weight is 312 g/mol. The van der Waals surface area contributed by atoms with Crippen LogP contribution in [-0.4, -0.2) is 12.5 Å². The van der Waals surface area contributed by atoms with E-state index in [1.165, 1.54) is 12.1 Å². The Bertz CT molecular complexity index is 662. The maximum absolute atomic E-state index is 11.8. The maximum Gasteiger partial charge on any atom is 0.335 e. The summed E-state index contributed by atoms with van der Waals surface area (Å²) in [5.74, 6) is -0.307. The van der Waals surface area contributed by atoms with Gasteiger partial charge in [0.2, 0.25) is 0 Å². The number of amides is 1. The number of benzene rings is 1. The average Bonchev–Trinajstić information content (AvgIpc) is 2.42. The summed E-state index contributed by atoms with van der Waals surface area (Å²) >= 11 is 11.8. The fourth-order valence-electron chi connectivity index (χ4n) is 1.62. The van der Waals surface area contributed by atoms with E-state index in [1.807, 2.05) is 6.07 Å². The highest BCUT2D eigenvalue weighted by atomic mass is 35.5. The van der Waals surface area contributed by atoms with Crippen molar-refractivity contribution < 1.29 is 9.21 Å². The van der Waals surface area contributed by atoms with Crippen molar-refractivity contribution >= 4 is 29.1 Å². The minimum absolute atomic E-state index is 0.298. The molecule has 1 amide bonds. The number of halogens is 2. The SMILES string of the molecule is O=C(NCCc1ccc(Cl)cc1Cl)c1ccc(=O)oc1. The van der Waals surface area contributed by atoms with Gasteiger partial charge in [0.25, 0.3) is 5.91 Å². The maximum atomic E-state index is 11.8. The molecule has 1 N–H and O–H groups in total. The van der Waals surface area contributed by atoms with Gasteiger partial charge in [0, 0.05) is 22.7 Å². The summed E-state index contributed by atoms with van der Waals surface area (Å²) in [7, 11) is 0. The lowest BCUT2D eigenvalue weighted by Crippen LogP contribution is -2.26. The lowest BCUT2D eigenvalue weighted by Gasteiger charge is -2.06. The predicted molar refractivity (Wildman–Crippen MR) is 77.5 cm³/mol. The normalized spacial score (nSPS) is 10.3. The van der Waals surface area contributed by atoms with E-state index in [-0.39, 0.29) is 5.91 Å². The molecule has 0 spiro atoms. The smallest absolute Gasteiger partial charge is 0.335 e. The van der Waals surface area contributed by atoms with E-state index in [1.54, 1.807) is 12.1 Å². The molecular formula is C14H11Cl2NO3. The molecule has 104 valence electrons. The van der Waals surface area contributed by atoms with E-state index in [4.69, 9.17) is 23.2 Å². The molecule has 4 nitrogen and oxygen atoms in total. The summed E-state index contributed by atoms with van der Waals surface area (Å²) in [5.41, 5.74) is 0.706. The minimum atomic E-state index is -0.491. The van der Waals surface area contributed by atoms with Gasteiger partial charge in [-0.1, -0.05) is 29.3 Å². The van der Waals surface area contributed by atoms with Gasteiger partial charge in [0.05, 0.1) is 5.56 Å². The Labute approximate surface area is 125 Å². The molecule has 0 radical (unpaired) electrons. The van der Waals surface area contributed by atoms with Crippen LogP contribution < -0.4 is 10.9 Å². The van der Waals surface area contributed by atoms with E-state index in [0.29, 0.717) is 28.6 Å². The molecule has 0 saturated carbocycles. The Balaban J connectivity index is 1.91. The van der Waals surface area contributed by atoms with Gasteiger partial charge in [-0.15, -0.1) is 0 Å². The van der Waals surface area contributed by atoms with Gasteiger partial charge >= 0.3 is 5.63 Å². The number of nitrogens with one attached hydrogen (secondary N) is 1. The molecule has 0 aliphatic rings. The van der Waals surface area contributed by atoms with Crippen molar-refractivity contribution in [2.75, 3.05) is 6.54 Å². The molecule has 2 rings (SSSR count). The molecule has 0 saturated heterocycles. The topological polar surface area (TPSA) is 59.3 Å². The number of carbonyl (C=O) groups is 1. The molecule has 0 atom stereocenters. The first-order valence-corrected chi connectivity index (χ1v) is 6.63. The second-order valence-electron chi connectivity index (χ2n) is 4.09. The third-order valence-corrected chi connectivity index (χ3v) is 3.25. The highest BCUT2D eigenvalue weighted by Crippen LogP contribution is 2.21. The van der Waals surface area contributed by atoms with Gasteiger partial charge in [-0.25, -0.2) is 4.79 Å². The third-order valence-electron chi connectivity index (χ3n) is 2.66. The van der Waals surface area contributed by atoms with Gasteiger partial charge in [0.15, 0.2) is 0 Å². The third kappa shape index (κ3) is 3.85. The second kappa shape index (κ2) is 6.59. The van der Waals surface area contributed by atoms with Crippen LogP contribution in [0.15, 0.2) is 45.8 Å². The first-order valence-electron chi connectivity index (χ1n) is 5.87. The number of hydrogen-bond donors (Lipinski definition) is 1. The number of carbonyl (C=O) groups excluding carboxylic acids is 1. The molecule has 20 heavy (non-hydrogen) atoms. The largest absolute Gasteiger partial charge is 0.430 e. The van der Waals surface area contributed by atoms with Crippen molar-refractivity contribution in [3.63, 3.8) is 0 Å². The monoisotopic (exact) mass is 311 g/mol. The first kappa shape index (κ1) is 14.6. The van der Waals surface area contributed by atoms with Crippen LogP contribution in [0.25, 0.3) is 0 Å². The van der Waals surface area contributed by atoms with E-state index >= 15 is 0 Å². The van der Waals surface area contributed by atoms with Gasteiger partial charge in [-0.3, -0.25) is 4.79 Å². The molecule has 0 fully saturated rings. The summed E-state index contributed by atoms with van der Waals surface area (Å²) in [6.45, 7) is 0.416. The lowest BCUT2D eigenvalue weighted by atomic mass is 10.1. The first-order chi connectivity index (χ1) is 9.56. The van der Waals surface area contributed by atoms with E-state index in [0.717, 1.165) is 11.8 Å². The Morgan fingerprint density at radius 3 is 2.65 bits per heavy atom. The van der Waals surface area contributed by atoms with Crippen LogP contribution in [-0.2, 0) is 6.42 Å². The fraction of sp³-hybridized carbons (Fsp3) is 0.143. The van der Waals surface area contributed by atoms with Crippen LogP contribution in [0.5, 0.6) is 0 Å². The molecule has 6 heteroatoms. The lowest BCUT2D eigenvalue weighted by molar-refractivity contribution is 0.0951. The van der Waals surface area contributed by atoms with Gasteiger partial charge < -0.3 is 9.73 Å². The molecule has 0 aliphatic carbocycles. The van der Waals surface area contributed by atoms with Gasteiger partial charge in [-0.05, 0) is 30.2 Å². The van der Waals surface area contributed by atoms with Crippen molar-refractivity contribution in [3.8, 4) is 0 Å².